The van der Waals surface area contributed by atoms with Crippen molar-refractivity contribution in [1.29, 1.82) is 0 Å². The number of aromatic nitrogens is 2. The van der Waals surface area contributed by atoms with Crippen LogP contribution in [0.15, 0.2) is 30.6 Å². The highest BCUT2D eigenvalue weighted by Crippen LogP contribution is 2.44. The van der Waals surface area contributed by atoms with Crippen molar-refractivity contribution in [2.45, 2.75) is 45.2 Å². The third-order valence-corrected chi connectivity index (χ3v) is 7.62. The molecule has 41 heavy (non-hydrogen) atoms. The molecule has 0 aliphatic carbocycles. The maximum atomic E-state index is 13.0. The van der Waals surface area contributed by atoms with Gasteiger partial charge in [0.05, 0.1) is 37.1 Å². The molecule has 0 radical (unpaired) electrons. The van der Waals surface area contributed by atoms with Crippen molar-refractivity contribution in [3.8, 4) is 23.0 Å². The number of aliphatic hydroxyl groups is 1. The topological polar surface area (TPSA) is 119 Å². The van der Waals surface area contributed by atoms with Crippen LogP contribution in [0.4, 0.5) is 11.5 Å². The van der Waals surface area contributed by atoms with Crippen molar-refractivity contribution in [3.05, 3.63) is 36.2 Å². The SMILES string of the molecule is C[C@H]1C(=O)CCCCOc2cc3c(ncnc3cc2OCCCN(C)CCO)Nc2c(ccc3c2OCO3)CN1C. The second kappa shape index (κ2) is 13.3. The lowest BCUT2D eigenvalue weighted by Gasteiger charge is -2.25. The van der Waals surface area contributed by atoms with Crippen LogP contribution < -0.4 is 24.3 Å². The molecule has 5 rings (SSSR count). The highest BCUT2D eigenvalue weighted by atomic mass is 16.7. The second-order valence-electron chi connectivity index (χ2n) is 10.6. The number of ketones is 1. The van der Waals surface area contributed by atoms with Crippen molar-refractivity contribution in [2.24, 2.45) is 0 Å². The highest BCUT2D eigenvalue weighted by Gasteiger charge is 2.25. The fourth-order valence-corrected chi connectivity index (χ4v) is 5.03. The van der Waals surface area contributed by atoms with Gasteiger partial charge in [-0.05, 0) is 58.0 Å². The van der Waals surface area contributed by atoms with E-state index in [0.717, 1.165) is 42.4 Å². The molecule has 0 unspecified atom stereocenters. The lowest BCUT2D eigenvalue weighted by atomic mass is 10.0. The molecule has 0 saturated heterocycles. The van der Waals surface area contributed by atoms with Crippen LogP contribution in [0.25, 0.3) is 10.9 Å². The van der Waals surface area contributed by atoms with E-state index in [1.54, 1.807) is 0 Å². The second-order valence-corrected chi connectivity index (χ2v) is 10.6. The maximum Gasteiger partial charge on any atom is 0.231 e. The number of aliphatic hydroxyl groups excluding tert-OH is 1. The van der Waals surface area contributed by atoms with Crippen LogP contribution in [0, 0.1) is 0 Å². The van der Waals surface area contributed by atoms with Crippen LogP contribution in [0.5, 0.6) is 23.0 Å². The molecule has 2 aliphatic heterocycles. The molecule has 1 aromatic heterocycles. The molecule has 0 amide bonds. The minimum atomic E-state index is -0.239. The van der Waals surface area contributed by atoms with E-state index in [9.17, 15) is 4.79 Å². The summed E-state index contributed by atoms with van der Waals surface area (Å²) in [4.78, 5) is 26.2. The predicted octanol–water partition coefficient (Wildman–Crippen LogP) is 3.75. The van der Waals surface area contributed by atoms with Gasteiger partial charge in [-0.1, -0.05) is 6.07 Å². The number of nitrogens with one attached hydrogen (secondary N) is 1. The molecule has 11 heteroatoms. The summed E-state index contributed by atoms with van der Waals surface area (Å²) in [6.45, 7) is 5.12. The van der Waals surface area contributed by atoms with Crippen molar-refractivity contribution in [3.63, 3.8) is 0 Å². The summed E-state index contributed by atoms with van der Waals surface area (Å²) in [6.07, 6.45) is 4.28. The average molecular weight is 566 g/mol. The molecule has 220 valence electrons. The molecule has 0 saturated carbocycles. The number of nitrogens with zero attached hydrogens (tertiary/aromatic N) is 4. The van der Waals surface area contributed by atoms with Gasteiger partial charge in [0.1, 0.15) is 17.9 Å². The van der Waals surface area contributed by atoms with Gasteiger partial charge in [-0.15, -0.1) is 0 Å². The fraction of sp³-hybridized carbons (Fsp3) is 0.500. The Morgan fingerprint density at radius 3 is 2.88 bits per heavy atom. The quantitative estimate of drug-likeness (QED) is 0.408. The van der Waals surface area contributed by atoms with E-state index in [4.69, 9.17) is 24.1 Å². The molecule has 0 spiro atoms. The minimum Gasteiger partial charge on any atom is -0.490 e. The predicted molar refractivity (Wildman–Crippen MR) is 155 cm³/mol. The third-order valence-electron chi connectivity index (χ3n) is 7.62. The van der Waals surface area contributed by atoms with Gasteiger partial charge in [0, 0.05) is 37.5 Å². The summed E-state index contributed by atoms with van der Waals surface area (Å²) in [6, 6.07) is 7.45. The Balaban J connectivity index is 1.50. The van der Waals surface area contributed by atoms with E-state index >= 15 is 0 Å². The minimum absolute atomic E-state index is 0.129. The van der Waals surface area contributed by atoms with Gasteiger partial charge in [0.15, 0.2) is 23.0 Å². The Bertz CT molecular complexity index is 1370. The van der Waals surface area contributed by atoms with Crippen LogP contribution in [0.3, 0.4) is 0 Å². The number of hydrogen-bond acceptors (Lipinski definition) is 11. The number of carbonyl (C=O) groups is 1. The van der Waals surface area contributed by atoms with Crippen LogP contribution in [0.1, 0.15) is 38.2 Å². The smallest absolute Gasteiger partial charge is 0.231 e. The van der Waals surface area contributed by atoms with Gasteiger partial charge in [0.2, 0.25) is 6.79 Å². The van der Waals surface area contributed by atoms with Gasteiger partial charge in [-0.25, -0.2) is 9.97 Å². The zero-order valence-corrected chi connectivity index (χ0v) is 24.0. The Kier molecular flexibility index (Phi) is 9.38. The molecular formula is C30H39N5O6. The monoisotopic (exact) mass is 565 g/mol. The van der Waals surface area contributed by atoms with E-state index in [1.165, 1.54) is 6.33 Å². The summed E-state index contributed by atoms with van der Waals surface area (Å²) in [5.41, 5.74) is 2.41. The lowest BCUT2D eigenvalue weighted by Crippen LogP contribution is -2.35. The van der Waals surface area contributed by atoms with E-state index in [2.05, 4.69) is 25.1 Å². The molecule has 2 aliphatic rings. The van der Waals surface area contributed by atoms with Gasteiger partial charge >= 0.3 is 0 Å². The lowest BCUT2D eigenvalue weighted by molar-refractivity contribution is -0.123. The summed E-state index contributed by atoms with van der Waals surface area (Å²) in [5.74, 6) is 3.28. The first-order chi connectivity index (χ1) is 19.9. The number of benzene rings is 2. The summed E-state index contributed by atoms with van der Waals surface area (Å²) < 4.78 is 23.9. The Morgan fingerprint density at radius 2 is 2.02 bits per heavy atom. The van der Waals surface area contributed by atoms with Gasteiger partial charge in [0.25, 0.3) is 0 Å². The molecular weight excluding hydrogens is 526 g/mol. The standard InChI is InChI=1S/C30H39N5O6/c1-20-24(37)7-4-5-13-38-26-15-22-23(16-27(26)39-14-6-10-34(2)11-12-36)31-18-32-30(22)33-28-21(17-35(20)3)8-9-25-29(28)41-19-40-25/h8-9,15-16,18,20,36H,4-7,10-14,17,19H2,1-3H3,(H,31,32,33)/t20-/m0/s1. The number of rotatable bonds is 7. The van der Waals surface area contributed by atoms with E-state index < -0.39 is 0 Å². The van der Waals surface area contributed by atoms with Crippen molar-refractivity contribution in [2.75, 3.05) is 59.1 Å². The van der Waals surface area contributed by atoms with Gasteiger partial charge in [-0.2, -0.15) is 0 Å². The number of hydrogen-bond donors (Lipinski definition) is 2. The number of Topliss-reactive ketones (excluding diaryl/α,β-unsaturated/α-hetero) is 1. The molecule has 0 fully saturated rings. The Hall–Kier alpha value is -3.67. The number of ether oxygens (including phenoxy) is 4. The number of anilines is 2. The number of carbonyl (C=O) groups excluding carboxylic acids is 1. The molecule has 11 nitrogen and oxygen atoms in total. The zero-order valence-electron chi connectivity index (χ0n) is 24.0. The number of fused-ring (bicyclic) bond motifs is 4. The third kappa shape index (κ3) is 6.80. The zero-order chi connectivity index (χ0) is 28.8. The van der Waals surface area contributed by atoms with E-state index in [-0.39, 0.29) is 25.2 Å². The van der Waals surface area contributed by atoms with Crippen molar-refractivity contribution in [1.82, 2.24) is 19.8 Å². The van der Waals surface area contributed by atoms with Crippen LogP contribution in [-0.4, -0.2) is 90.5 Å². The Labute approximate surface area is 240 Å². The first-order valence-corrected chi connectivity index (χ1v) is 14.2. The van der Waals surface area contributed by atoms with Crippen LogP contribution >= 0.6 is 0 Å². The van der Waals surface area contributed by atoms with Crippen molar-refractivity contribution >= 4 is 28.2 Å². The fourth-order valence-electron chi connectivity index (χ4n) is 5.03. The van der Waals surface area contributed by atoms with E-state index in [1.807, 2.05) is 45.3 Å². The highest BCUT2D eigenvalue weighted by molar-refractivity contribution is 5.94. The van der Waals surface area contributed by atoms with Gasteiger partial charge < -0.3 is 34.3 Å². The molecule has 2 bridgehead atoms. The summed E-state index contributed by atoms with van der Waals surface area (Å²) >= 11 is 0. The van der Waals surface area contributed by atoms with Crippen LogP contribution in [0.2, 0.25) is 0 Å². The van der Waals surface area contributed by atoms with Crippen molar-refractivity contribution < 1.29 is 28.8 Å². The van der Waals surface area contributed by atoms with Gasteiger partial charge in [-0.3, -0.25) is 9.69 Å². The summed E-state index contributed by atoms with van der Waals surface area (Å²) in [5, 5.41) is 13.4. The molecule has 2 aromatic carbocycles. The average Bonchev–Trinajstić information content (AvgIpc) is 3.45. The molecule has 3 aromatic rings. The Morgan fingerprint density at radius 1 is 1.15 bits per heavy atom. The molecule has 2 N–H and O–H groups in total. The maximum absolute atomic E-state index is 13.0. The van der Waals surface area contributed by atoms with Crippen LogP contribution in [-0.2, 0) is 11.3 Å². The first kappa shape index (κ1) is 28.8. The normalized spacial score (nSPS) is 17.9. The molecule has 1 atom stereocenters. The molecule has 3 heterocycles. The van der Waals surface area contributed by atoms with E-state index in [0.29, 0.717) is 67.1 Å². The summed E-state index contributed by atoms with van der Waals surface area (Å²) in [7, 11) is 3.93. The first-order valence-electron chi connectivity index (χ1n) is 14.2. The number of likely N-dealkylation sites (N-methyl/N-ethyl adjacent to an activating group) is 2. The largest absolute Gasteiger partial charge is 0.490 e.